The molecule has 2 fully saturated rings. The Morgan fingerprint density at radius 3 is 2.62 bits per heavy atom. The molecule has 3 atom stereocenters. The minimum atomic E-state index is 0.838. The number of nitrogens with zero attached hydrogens (tertiary/aromatic N) is 1. The molecule has 0 spiro atoms. The normalized spacial score (nSPS) is 41.1. The first-order valence-corrected chi connectivity index (χ1v) is 6.59. The van der Waals surface area contributed by atoms with Crippen molar-refractivity contribution >= 4 is 22.9 Å². The molecule has 0 aromatic rings. The van der Waals surface area contributed by atoms with Gasteiger partial charge in [-0.1, -0.05) is 26.7 Å². The first-order chi connectivity index (χ1) is 6.20. The van der Waals surface area contributed by atoms with Gasteiger partial charge in [-0.15, -0.1) is 0 Å². The third-order valence-corrected chi connectivity index (χ3v) is 4.86. The molecule has 1 saturated heterocycles. The van der Waals surface area contributed by atoms with E-state index in [4.69, 9.17) is 0 Å². The molecule has 0 aromatic heterocycles. The molecule has 1 nitrogen and oxygen atoms in total. The van der Waals surface area contributed by atoms with E-state index in [1.807, 2.05) is 0 Å². The van der Waals surface area contributed by atoms with Crippen molar-refractivity contribution < 1.29 is 0 Å². The van der Waals surface area contributed by atoms with Gasteiger partial charge in [0.2, 0.25) is 0 Å². The van der Waals surface area contributed by atoms with Gasteiger partial charge in [0.05, 0.1) is 0 Å². The van der Waals surface area contributed by atoms with Gasteiger partial charge in [0.25, 0.3) is 0 Å². The molecule has 1 unspecified atom stereocenters. The first-order valence-electron chi connectivity index (χ1n) is 5.62. The van der Waals surface area contributed by atoms with Gasteiger partial charge in [-0.3, -0.25) is 0 Å². The molecule has 0 aromatic carbocycles. The summed E-state index contributed by atoms with van der Waals surface area (Å²) in [6.45, 7) is 6.12. The van der Waals surface area contributed by atoms with Crippen LogP contribution in [-0.4, -0.2) is 15.7 Å². The minimum Gasteiger partial charge on any atom is -0.244 e. The van der Waals surface area contributed by atoms with Crippen LogP contribution >= 0.6 is 22.9 Å². The van der Waals surface area contributed by atoms with Gasteiger partial charge >= 0.3 is 0 Å². The highest BCUT2D eigenvalue weighted by Gasteiger charge is 2.42. The summed E-state index contributed by atoms with van der Waals surface area (Å²) in [7, 11) is 0. The zero-order valence-corrected chi connectivity index (χ0v) is 10.8. The summed E-state index contributed by atoms with van der Waals surface area (Å²) >= 11 is 2.55. The van der Waals surface area contributed by atoms with Crippen LogP contribution in [0.5, 0.6) is 0 Å². The fourth-order valence-corrected chi connectivity index (χ4v) is 4.85. The lowest BCUT2D eigenvalue weighted by molar-refractivity contribution is 0.223. The molecular formula is C11H20IN. The van der Waals surface area contributed by atoms with Crippen molar-refractivity contribution in [2.75, 3.05) is 6.54 Å². The van der Waals surface area contributed by atoms with Gasteiger partial charge in [0.1, 0.15) is 0 Å². The molecule has 0 bridgehead atoms. The molecule has 0 radical (unpaired) electrons. The van der Waals surface area contributed by atoms with Crippen LogP contribution in [0.1, 0.15) is 39.5 Å². The fourth-order valence-electron chi connectivity index (χ4n) is 3.28. The summed E-state index contributed by atoms with van der Waals surface area (Å²) < 4.78 is 2.59. The van der Waals surface area contributed by atoms with Crippen LogP contribution < -0.4 is 0 Å². The molecule has 1 saturated carbocycles. The lowest BCUT2D eigenvalue weighted by Crippen LogP contribution is -2.32. The van der Waals surface area contributed by atoms with E-state index in [0.29, 0.717) is 0 Å². The molecule has 13 heavy (non-hydrogen) atoms. The maximum Gasteiger partial charge on any atom is 0.0248 e. The third-order valence-electron chi connectivity index (χ3n) is 3.82. The molecule has 1 heterocycles. The van der Waals surface area contributed by atoms with Gasteiger partial charge in [0.15, 0.2) is 0 Å². The Labute approximate surface area is 95.8 Å². The van der Waals surface area contributed by atoms with Crippen LogP contribution in [0.15, 0.2) is 0 Å². The average Bonchev–Trinajstić information content (AvgIpc) is 2.39. The van der Waals surface area contributed by atoms with Gasteiger partial charge in [-0.25, -0.2) is 3.11 Å². The first kappa shape index (κ1) is 10.2. The number of rotatable bonds is 1. The summed E-state index contributed by atoms with van der Waals surface area (Å²) in [5, 5.41) is 0. The summed E-state index contributed by atoms with van der Waals surface area (Å²) in [6, 6.07) is 0.867. The van der Waals surface area contributed by atoms with E-state index >= 15 is 0 Å². The molecule has 0 amide bonds. The number of hydrogen-bond acceptors (Lipinski definition) is 1. The maximum absolute atomic E-state index is 2.59. The van der Waals surface area contributed by atoms with Gasteiger partial charge in [0, 0.05) is 35.5 Å². The highest BCUT2D eigenvalue weighted by atomic mass is 127. The zero-order chi connectivity index (χ0) is 9.42. The lowest BCUT2D eigenvalue weighted by atomic mass is 9.76. The van der Waals surface area contributed by atoms with Crippen molar-refractivity contribution in [3.05, 3.63) is 0 Å². The molecule has 1 aliphatic heterocycles. The van der Waals surface area contributed by atoms with Crippen LogP contribution in [0.3, 0.4) is 0 Å². The number of fused-ring (bicyclic) bond motifs is 1. The summed E-state index contributed by atoms with van der Waals surface area (Å²) in [6.07, 6.45) is 5.95. The van der Waals surface area contributed by atoms with Crippen LogP contribution in [-0.2, 0) is 0 Å². The van der Waals surface area contributed by atoms with Gasteiger partial charge in [-0.2, -0.15) is 0 Å². The molecule has 76 valence electrons. The summed E-state index contributed by atoms with van der Waals surface area (Å²) in [4.78, 5) is 0. The van der Waals surface area contributed by atoms with Crippen molar-refractivity contribution in [1.29, 1.82) is 0 Å². The van der Waals surface area contributed by atoms with Crippen LogP contribution in [0.2, 0.25) is 0 Å². The molecule has 2 rings (SSSR count). The second-order valence-electron chi connectivity index (χ2n) is 5.03. The van der Waals surface area contributed by atoms with E-state index < -0.39 is 0 Å². The standard InChI is InChI=1S/C11H20IN/c1-8(2)11-10-6-4-3-5-9(10)7-13(11)12/h8-11H,3-7H2,1-2H3/t9-,10-,11?/m1/s1. The molecule has 0 N–H and O–H groups in total. The molecule has 2 heteroatoms. The fraction of sp³-hybridized carbons (Fsp3) is 1.00. The van der Waals surface area contributed by atoms with Crippen LogP contribution in [0.25, 0.3) is 0 Å². The summed E-state index contributed by atoms with van der Waals surface area (Å²) in [5.41, 5.74) is 0. The largest absolute Gasteiger partial charge is 0.244 e. The van der Waals surface area contributed by atoms with E-state index in [9.17, 15) is 0 Å². The molecular weight excluding hydrogens is 273 g/mol. The third kappa shape index (κ3) is 1.89. The Bertz CT molecular complexity index is 181. The van der Waals surface area contributed by atoms with E-state index in [1.54, 1.807) is 0 Å². The second kappa shape index (κ2) is 4.05. The van der Waals surface area contributed by atoms with Crippen molar-refractivity contribution in [2.45, 2.75) is 45.6 Å². The SMILES string of the molecule is CC(C)C1[C@@H]2CCCC[C@@H]2CN1I. The minimum absolute atomic E-state index is 0.838. The van der Waals surface area contributed by atoms with Crippen molar-refractivity contribution in [3.63, 3.8) is 0 Å². The van der Waals surface area contributed by atoms with Gasteiger partial charge in [-0.05, 0) is 30.6 Å². The Morgan fingerprint density at radius 2 is 1.92 bits per heavy atom. The molecule has 1 aliphatic carbocycles. The maximum atomic E-state index is 2.59. The highest BCUT2D eigenvalue weighted by Crippen LogP contribution is 2.44. The Hall–Kier alpha value is 0.690. The van der Waals surface area contributed by atoms with Gasteiger partial charge < -0.3 is 0 Å². The smallest absolute Gasteiger partial charge is 0.0248 e. The Balaban J connectivity index is 2.09. The number of halogens is 1. The van der Waals surface area contributed by atoms with Crippen LogP contribution in [0, 0.1) is 17.8 Å². The lowest BCUT2D eigenvalue weighted by Gasteiger charge is -2.31. The zero-order valence-electron chi connectivity index (χ0n) is 8.67. The average molecular weight is 293 g/mol. The highest BCUT2D eigenvalue weighted by molar-refractivity contribution is 14.1. The number of hydrogen-bond donors (Lipinski definition) is 0. The second-order valence-corrected chi connectivity index (χ2v) is 6.26. The topological polar surface area (TPSA) is 3.24 Å². The van der Waals surface area contributed by atoms with E-state index in [0.717, 1.165) is 23.8 Å². The quantitative estimate of drug-likeness (QED) is 0.528. The molecule has 2 aliphatic rings. The predicted molar refractivity (Wildman–Crippen MR) is 64.8 cm³/mol. The van der Waals surface area contributed by atoms with E-state index in [-0.39, 0.29) is 0 Å². The Kier molecular flexibility index (Phi) is 3.18. The predicted octanol–water partition coefficient (Wildman–Crippen LogP) is 3.48. The van der Waals surface area contributed by atoms with E-state index in [2.05, 4.69) is 39.8 Å². The van der Waals surface area contributed by atoms with Crippen molar-refractivity contribution in [3.8, 4) is 0 Å². The van der Waals surface area contributed by atoms with Crippen molar-refractivity contribution in [1.82, 2.24) is 3.11 Å². The van der Waals surface area contributed by atoms with Crippen LogP contribution in [0.4, 0.5) is 0 Å². The monoisotopic (exact) mass is 293 g/mol. The Morgan fingerprint density at radius 1 is 1.23 bits per heavy atom. The summed E-state index contributed by atoms with van der Waals surface area (Å²) in [5.74, 6) is 2.88. The van der Waals surface area contributed by atoms with Crippen molar-refractivity contribution in [2.24, 2.45) is 17.8 Å². The van der Waals surface area contributed by atoms with E-state index in [1.165, 1.54) is 32.2 Å².